The fourth-order valence-corrected chi connectivity index (χ4v) is 2.02. The van der Waals surface area contributed by atoms with Crippen molar-refractivity contribution in [2.24, 2.45) is 5.92 Å². The molecule has 0 bridgehead atoms. The molecule has 12 heavy (non-hydrogen) atoms. The Bertz CT molecular complexity index is 228. The van der Waals surface area contributed by atoms with E-state index in [1.165, 1.54) is 29.3 Å². The summed E-state index contributed by atoms with van der Waals surface area (Å²) < 4.78 is 3.81. The highest BCUT2D eigenvalue weighted by molar-refractivity contribution is 7.05. The highest BCUT2D eigenvalue weighted by Crippen LogP contribution is 2.26. The highest BCUT2D eigenvalue weighted by atomic mass is 32.1. The van der Waals surface area contributed by atoms with Crippen LogP contribution in [0.15, 0.2) is 6.20 Å². The molecule has 0 amide bonds. The van der Waals surface area contributed by atoms with Crippen LogP contribution in [0.25, 0.3) is 0 Å². The summed E-state index contributed by atoms with van der Waals surface area (Å²) >= 11 is 1.48. The quantitative estimate of drug-likeness (QED) is 0.770. The van der Waals surface area contributed by atoms with E-state index in [2.05, 4.69) is 21.8 Å². The van der Waals surface area contributed by atoms with Crippen molar-refractivity contribution in [2.75, 3.05) is 0 Å². The summed E-state index contributed by atoms with van der Waals surface area (Å²) in [5, 5.41) is 7.27. The van der Waals surface area contributed by atoms with Crippen LogP contribution in [0.5, 0.6) is 0 Å². The Kier molecular flexibility index (Phi) is 2.37. The van der Waals surface area contributed by atoms with Crippen LogP contribution in [-0.2, 0) is 6.54 Å². The Labute approximate surface area is 76.4 Å². The Morgan fingerprint density at radius 3 is 3.08 bits per heavy atom. The van der Waals surface area contributed by atoms with E-state index in [0.29, 0.717) is 0 Å². The number of rotatable bonds is 3. The molecule has 1 aromatic rings. The van der Waals surface area contributed by atoms with Crippen molar-refractivity contribution in [3.63, 3.8) is 0 Å². The van der Waals surface area contributed by atoms with Gasteiger partial charge in [-0.1, -0.05) is 11.4 Å². The van der Waals surface area contributed by atoms with E-state index >= 15 is 0 Å². The Morgan fingerprint density at radius 2 is 2.50 bits per heavy atom. The highest BCUT2D eigenvalue weighted by Gasteiger charge is 2.24. The van der Waals surface area contributed by atoms with Gasteiger partial charge < -0.3 is 5.32 Å². The second-order valence-corrected chi connectivity index (χ2v) is 4.41. The second kappa shape index (κ2) is 3.49. The standard InChI is InChI=1S/C8H13N3S/c1-6-2-7(3-6)9-4-8-5-10-11-12-8/h5-7,9H,2-4H2,1H3. The lowest BCUT2D eigenvalue weighted by atomic mass is 9.82. The third-order valence-corrected chi connectivity index (χ3v) is 3.01. The van der Waals surface area contributed by atoms with Crippen molar-refractivity contribution in [1.29, 1.82) is 0 Å². The maximum absolute atomic E-state index is 3.81. The number of aromatic nitrogens is 2. The molecule has 2 rings (SSSR count). The van der Waals surface area contributed by atoms with Crippen LogP contribution in [0, 0.1) is 5.92 Å². The number of hydrogen-bond donors (Lipinski definition) is 1. The van der Waals surface area contributed by atoms with E-state index in [-0.39, 0.29) is 0 Å². The van der Waals surface area contributed by atoms with Crippen LogP contribution in [0.3, 0.4) is 0 Å². The molecule has 0 spiro atoms. The summed E-state index contributed by atoms with van der Waals surface area (Å²) in [6, 6.07) is 0.738. The molecule has 1 aliphatic rings. The molecule has 1 aliphatic carbocycles. The Hall–Kier alpha value is -0.480. The number of hydrogen-bond acceptors (Lipinski definition) is 4. The zero-order chi connectivity index (χ0) is 8.39. The van der Waals surface area contributed by atoms with Crippen LogP contribution in [-0.4, -0.2) is 15.6 Å². The van der Waals surface area contributed by atoms with Crippen LogP contribution in [0.4, 0.5) is 0 Å². The fourth-order valence-electron chi connectivity index (χ4n) is 1.58. The molecule has 0 unspecified atom stereocenters. The molecule has 3 nitrogen and oxygen atoms in total. The summed E-state index contributed by atoms with van der Waals surface area (Å²) in [6.07, 6.45) is 4.48. The van der Waals surface area contributed by atoms with Gasteiger partial charge >= 0.3 is 0 Å². The fraction of sp³-hybridized carbons (Fsp3) is 0.750. The van der Waals surface area contributed by atoms with E-state index in [4.69, 9.17) is 0 Å². The van der Waals surface area contributed by atoms with E-state index < -0.39 is 0 Å². The van der Waals surface area contributed by atoms with Gasteiger partial charge in [0.25, 0.3) is 0 Å². The number of nitrogens with zero attached hydrogens (tertiary/aromatic N) is 2. The molecule has 1 fully saturated rings. The topological polar surface area (TPSA) is 37.8 Å². The van der Waals surface area contributed by atoms with Gasteiger partial charge in [0, 0.05) is 12.6 Å². The summed E-state index contributed by atoms with van der Waals surface area (Å²) in [4.78, 5) is 1.23. The molecule has 0 saturated heterocycles. The van der Waals surface area contributed by atoms with E-state index in [1.54, 1.807) is 0 Å². The first kappa shape index (κ1) is 8.13. The van der Waals surface area contributed by atoms with Crippen molar-refractivity contribution in [2.45, 2.75) is 32.4 Å². The van der Waals surface area contributed by atoms with Crippen molar-refractivity contribution < 1.29 is 0 Å². The third kappa shape index (κ3) is 1.81. The summed E-state index contributed by atoms with van der Waals surface area (Å²) in [5.41, 5.74) is 0. The zero-order valence-corrected chi connectivity index (χ0v) is 7.97. The normalized spacial score (nSPS) is 28.4. The minimum absolute atomic E-state index is 0.738. The maximum atomic E-state index is 3.81. The van der Waals surface area contributed by atoms with Crippen molar-refractivity contribution in [3.05, 3.63) is 11.1 Å². The van der Waals surface area contributed by atoms with Crippen LogP contribution in [0.2, 0.25) is 0 Å². The van der Waals surface area contributed by atoms with Gasteiger partial charge in [-0.15, -0.1) is 5.10 Å². The summed E-state index contributed by atoms with van der Waals surface area (Å²) in [7, 11) is 0. The van der Waals surface area contributed by atoms with Crippen LogP contribution < -0.4 is 5.32 Å². The lowest BCUT2D eigenvalue weighted by molar-refractivity contribution is 0.241. The lowest BCUT2D eigenvalue weighted by Crippen LogP contribution is -2.39. The van der Waals surface area contributed by atoms with Crippen molar-refractivity contribution in [3.8, 4) is 0 Å². The van der Waals surface area contributed by atoms with Gasteiger partial charge in [0.1, 0.15) is 0 Å². The molecule has 0 atom stereocenters. The van der Waals surface area contributed by atoms with Crippen LogP contribution in [0.1, 0.15) is 24.6 Å². The van der Waals surface area contributed by atoms with E-state index in [0.717, 1.165) is 18.5 Å². The predicted molar refractivity (Wildman–Crippen MR) is 48.9 cm³/mol. The van der Waals surface area contributed by atoms with Crippen molar-refractivity contribution >= 4 is 11.5 Å². The average molecular weight is 183 g/mol. The average Bonchev–Trinajstić information content (AvgIpc) is 2.47. The summed E-state index contributed by atoms with van der Waals surface area (Å²) in [5.74, 6) is 0.919. The molecule has 0 aromatic carbocycles. The van der Waals surface area contributed by atoms with Gasteiger partial charge in [-0.3, -0.25) is 0 Å². The summed E-state index contributed by atoms with van der Waals surface area (Å²) in [6.45, 7) is 3.24. The molecule has 0 radical (unpaired) electrons. The lowest BCUT2D eigenvalue weighted by Gasteiger charge is -2.33. The largest absolute Gasteiger partial charge is 0.309 e. The first-order valence-corrected chi connectivity index (χ1v) is 5.11. The SMILES string of the molecule is CC1CC(NCc2cnns2)C1. The molecule has 1 heterocycles. The van der Waals surface area contributed by atoms with Crippen molar-refractivity contribution in [1.82, 2.24) is 14.9 Å². The van der Waals surface area contributed by atoms with Gasteiger partial charge in [-0.2, -0.15) is 0 Å². The van der Waals surface area contributed by atoms with Gasteiger partial charge in [0.2, 0.25) is 0 Å². The first-order chi connectivity index (χ1) is 5.84. The predicted octanol–water partition coefficient (Wildman–Crippen LogP) is 1.43. The van der Waals surface area contributed by atoms with Gasteiger partial charge in [-0.25, -0.2) is 0 Å². The molecule has 1 N–H and O–H groups in total. The van der Waals surface area contributed by atoms with Gasteiger partial charge in [0.05, 0.1) is 11.1 Å². The first-order valence-electron chi connectivity index (χ1n) is 4.34. The number of nitrogens with one attached hydrogen (secondary N) is 1. The minimum Gasteiger partial charge on any atom is -0.309 e. The third-order valence-electron chi connectivity index (χ3n) is 2.35. The zero-order valence-electron chi connectivity index (χ0n) is 7.16. The monoisotopic (exact) mass is 183 g/mol. The van der Waals surface area contributed by atoms with Gasteiger partial charge in [-0.05, 0) is 30.3 Å². The van der Waals surface area contributed by atoms with Gasteiger partial charge in [0.15, 0.2) is 0 Å². The molecule has 4 heteroatoms. The molecule has 66 valence electrons. The molecular formula is C8H13N3S. The molecular weight excluding hydrogens is 170 g/mol. The van der Waals surface area contributed by atoms with Crippen LogP contribution >= 0.6 is 11.5 Å². The Morgan fingerprint density at radius 1 is 1.67 bits per heavy atom. The molecule has 1 aromatic heterocycles. The maximum Gasteiger partial charge on any atom is 0.0666 e. The molecule has 1 saturated carbocycles. The Balaban J connectivity index is 1.70. The van der Waals surface area contributed by atoms with E-state index in [1.807, 2.05) is 6.20 Å². The smallest absolute Gasteiger partial charge is 0.0666 e. The minimum atomic E-state index is 0.738. The second-order valence-electron chi connectivity index (χ2n) is 3.54. The molecule has 0 aliphatic heterocycles. The van der Waals surface area contributed by atoms with E-state index in [9.17, 15) is 0 Å².